The van der Waals surface area contributed by atoms with Gasteiger partial charge < -0.3 is 16.0 Å². The van der Waals surface area contributed by atoms with E-state index < -0.39 is 0 Å². The van der Waals surface area contributed by atoms with E-state index in [1.54, 1.807) is 6.07 Å². The number of likely N-dealkylation sites (tertiary alicyclic amines) is 1. The van der Waals surface area contributed by atoms with E-state index in [9.17, 15) is 4.39 Å². The number of nitrogen functional groups attached to an aromatic ring is 1. The van der Waals surface area contributed by atoms with Crippen molar-refractivity contribution in [3.05, 3.63) is 24.0 Å². The van der Waals surface area contributed by atoms with Gasteiger partial charge in [0, 0.05) is 12.6 Å². The molecular weight excluding hydrogens is 217 g/mol. The van der Waals surface area contributed by atoms with Crippen LogP contribution in [-0.2, 0) is 0 Å². The lowest BCUT2D eigenvalue weighted by Gasteiger charge is -2.36. The molecule has 0 aromatic heterocycles. The van der Waals surface area contributed by atoms with Gasteiger partial charge in [-0.2, -0.15) is 0 Å². The van der Waals surface area contributed by atoms with Gasteiger partial charge in [-0.25, -0.2) is 4.39 Å². The summed E-state index contributed by atoms with van der Waals surface area (Å²) in [5.41, 5.74) is 6.66. The highest BCUT2D eigenvalue weighted by Gasteiger charge is 2.24. The molecule has 4 heteroatoms. The zero-order valence-corrected chi connectivity index (χ0v) is 10.4. The number of halogens is 1. The van der Waals surface area contributed by atoms with Gasteiger partial charge in [-0.3, -0.25) is 0 Å². The SMILES string of the molecule is CC1CN(C)CCC1Nc1cccc(F)c1N. The first kappa shape index (κ1) is 12.2. The average Bonchev–Trinajstić information content (AvgIpc) is 2.28. The van der Waals surface area contributed by atoms with Gasteiger partial charge in [0.05, 0.1) is 11.4 Å². The summed E-state index contributed by atoms with van der Waals surface area (Å²) in [6.45, 7) is 4.34. The summed E-state index contributed by atoms with van der Waals surface area (Å²) in [7, 11) is 2.13. The van der Waals surface area contributed by atoms with Crippen LogP contribution in [0.3, 0.4) is 0 Å². The fourth-order valence-corrected chi connectivity index (χ4v) is 2.43. The molecule has 2 atom stereocenters. The molecule has 3 nitrogen and oxygen atoms in total. The Morgan fingerprint density at radius 3 is 2.94 bits per heavy atom. The highest BCUT2D eigenvalue weighted by atomic mass is 19.1. The first-order valence-electron chi connectivity index (χ1n) is 6.07. The van der Waals surface area contributed by atoms with Crippen LogP contribution in [-0.4, -0.2) is 31.1 Å². The first-order valence-corrected chi connectivity index (χ1v) is 6.07. The van der Waals surface area contributed by atoms with Gasteiger partial charge in [-0.05, 0) is 38.1 Å². The van der Waals surface area contributed by atoms with Gasteiger partial charge >= 0.3 is 0 Å². The summed E-state index contributed by atoms with van der Waals surface area (Å²) < 4.78 is 13.3. The number of rotatable bonds is 2. The Morgan fingerprint density at radius 2 is 2.24 bits per heavy atom. The van der Waals surface area contributed by atoms with Crippen molar-refractivity contribution in [3.8, 4) is 0 Å². The van der Waals surface area contributed by atoms with Crippen LogP contribution in [0, 0.1) is 11.7 Å². The van der Waals surface area contributed by atoms with Crippen molar-refractivity contribution in [1.29, 1.82) is 0 Å². The van der Waals surface area contributed by atoms with Crippen LogP contribution in [0.25, 0.3) is 0 Å². The fraction of sp³-hybridized carbons (Fsp3) is 0.538. The van der Waals surface area contributed by atoms with Crippen LogP contribution in [0.4, 0.5) is 15.8 Å². The predicted molar refractivity (Wildman–Crippen MR) is 69.5 cm³/mol. The van der Waals surface area contributed by atoms with E-state index in [2.05, 4.69) is 24.2 Å². The van der Waals surface area contributed by atoms with Crippen LogP contribution < -0.4 is 11.1 Å². The molecule has 1 aromatic carbocycles. The fourth-order valence-electron chi connectivity index (χ4n) is 2.43. The second-order valence-corrected chi connectivity index (χ2v) is 4.98. The molecule has 0 saturated carbocycles. The third-order valence-electron chi connectivity index (χ3n) is 3.50. The van der Waals surface area contributed by atoms with Crippen molar-refractivity contribution >= 4 is 11.4 Å². The van der Waals surface area contributed by atoms with E-state index >= 15 is 0 Å². The lowest BCUT2D eigenvalue weighted by Crippen LogP contribution is -2.43. The molecule has 1 aliphatic rings. The summed E-state index contributed by atoms with van der Waals surface area (Å²) in [4.78, 5) is 2.32. The minimum absolute atomic E-state index is 0.221. The normalized spacial score (nSPS) is 25.8. The van der Waals surface area contributed by atoms with Crippen molar-refractivity contribution in [3.63, 3.8) is 0 Å². The number of para-hydroxylation sites is 1. The summed E-state index contributed by atoms with van der Waals surface area (Å²) >= 11 is 0. The van der Waals surface area contributed by atoms with Crippen LogP contribution in [0.15, 0.2) is 18.2 Å². The van der Waals surface area contributed by atoms with Crippen LogP contribution in [0.1, 0.15) is 13.3 Å². The van der Waals surface area contributed by atoms with E-state index in [-0.39, 0.29) is 11.5 Å². The molecule has 3 N–H and O–H groups in total. The Balaban J connectivity index is 2.08. The molecule has 2 rings (SSSR count). The van der Waals surface area contributed by atoms with Gasteiger partial charge in [0.25, 0.3) is 0 Å². The number of hydrogen-bond donors (Lipinski definition) is 2. The number of benzene rings is 1. The van der Waals surface area contributed by atoms with E-state index in [1.165, 1.54) is 6.07 Å². The molecule has 0 aliphatic carbocycles. The number of piperidine rings is 1. The Hall–Kier alpha value is -1.29. The van der Waals surface area contributed by atoms with Crippen molar-refractivity contribution in [2.45, 2.75) is 19.4 Å². The highest BCUT2D eigenvalue weighted by Crippen LogP contribution is 2.26. The number of nitrogens with one attached hydrogen (secondary N) is 1. The quantitative estimate of drug-likeness (QED) is 0.774. The number of hydrogen-bond acceptors (Lipinski definition) is 3. The highest BCUT2D eigenvalue weighted by molar-refractivity contribution is 5.66. The van der Waals surface area contributed by atoms with Crippen LogP contribution >= 0.6 is 0 Å². The molecule has 0 radical (unpaired) electrons. The van der Waals surface area contributed by atoms with Crippen LogP contribution in [0.2, 0.25) is 0 Å². The maximum absolute atomic E-state index is 13.3. The number of anilines is 2. The van der Waals surface area contributed by atoms with Gasteiger partial charge in [0.15, 0.2) is 0 Å². The number of nitrogens with two attached hydrogens (primary N) is 1. The standard InChI is InChI=1S/C13H20FN3/c1-9-8-17(2)7-6-11(9)16-12-5-3-4-10(14)13(12)15/h3-5,9,11,16H,6-8,15H2,1-2H3. The lowest BCUT2D eigenvalue weighted by atomic mass is 9.94. The van der Waals surface area contributed by atoms with Gasteiger partial charge in [0.2, 0.25) is 0 Å². The number of nitrogens with zero attached hydrogens (tertiary/aromatic N) is 1. The summed E-state index contributed by atoms with van der Waals surface area (Å²) in [6, 6.07) is 5.28. The molecule has 1 aromatic rings. The van der Waals surface area contributed by atoms with E-state index in [0.717, 1.165) is 19.5 Å². The Kier molecular flexibility index (Phi) is 3.52. The molecule has 0 spiro atoms. The molecule has 0 bridgehead atoms. The molecule has 0 amide bonds. The molecule has 17 heavy (non-hydrogen) atoms. The molecular formula is C13H20FN3. The lowest BCUT2D eigenvalue weighted by molar-refractivity contribution is 0.206. The zero-order chi connectivity index (χ0) is 12.4. The third-order valence-corrected chi connectivity index (χ3v) is 3.50. The summed E-state index contributed by atoms with van der Waals surface area (Å²) in [6.07, 6.45) is 1.06. The largest absolute Gasteiger partial charge is 0.395 e. The Bertz CT molecular complexity index is 394. The van der Waals surface area contributed by atoms with E-state index in [0.29, 0.717) is 17.6 Å². The minimum atomic E-state index is -0.351. The van der Waals surface area contributed by atoms with Crippen molar-refractivity contribution in [1.82, 2.24) is 4.90 Å². The predicted octanol–water partition coefficient (Wildman–Crippen LogP) is 2.16. The summed E-state index contributed by atoms with van der Waals surface area (Å²) in [5, 5.41) is 3.37. The maximum atomic E-state index is 13.3. The molecule has 94 valence electrons. The summed E-state index contributed by atoms with van der Waals surface area (Å²) in [5.74, 6) is 0.187. The van der Waals surface area contributed by atoms with Crippen molar-refractivity contribution in [2.24, 2.45) is 5.92 Å². The topological polar surface area (TPSA) is 41.3 Å². The van der Waals surface area contributed by atoms with Crippen molar-refractivity contribution < 1.29 is 4.39 Å². The monoisotopic (exact) mass is 237 g/mol. The maximum Gasteiger partial charge on any atom is 0.148 e. The van der Waals surface area contributed by atoms with Gasteiger partial charge in [0.1, 0.15) is 5.82 Å². The minimum Gasteiger partial charge on any atom is -0.395 e. The second kappa shape index (κ2) is 4.92. The third kappa shape index (κ3) is 2.69. The molecule has 1 saturated heterocycles. The smallest absolute Gasteiger partial charge is 0.148 e. The van der Waals surface area contributed by atoms with E-state index in [1.807, 2.05) is 6.07 Å². The molecule has 1 heterocycles. The first-order chi connectivity index (χ1) is 8.08. The van der Waals surface area contributed by atoms with E-state index in [4.69, 9.17) is 5.73 Å². The molecule has 1 fully saturated rings. The van der Waals surface area contributed by atoms with Crippen LogP contribution in [0.5, 0.6) is 0 Å². The zero-order valence-electron chi connectivity index (χ0n) is 10.4. The van der Waals surface area contributed by atoms with Gasteiger partial charge in [-0.15, -0.1) is 0 Å². The second-order valence-electron chi connectivity index (χ2n) is 4.98. The average molecular weight is 237 g/mol. The van der Waals surface area contributed by atoms with Gasteiger partial charge in [-0.1, -0.05) is 13.0 Å². The van der Waals surface area contributed by atoms with Crippen molar-refractivity contribution in [2.75, 3.05) is 31.2 Å². The molecule has 2 unspecified atom stereocenters. The Morgan fingerprint density at radius 1 is 1.47 bits per heavy atom. The Labute approximate surface area is 102 Å². The molecule has 1 aliphatic heterocycles.